The molecule has 13 heteroatoms. The van der Waals surface area contributed by atoms with Crippen molar-refractivity contribution < 1.29 is 39.5 Å². The van der Waals surface area contributed by atoms with Crippen molar-refractivity contribution in [2.45, 2.75) is 24.6 Å². The summed E-state index contributed by atoms with van der Waals surface area (Å²) in [5, 5.41) is 8.67. The lowest BCUT2D eigenvalue weighted by Gasteiger charge is -2.14. The molecule has 0 saturated heterocycles. The van der Waals surface area contributed by atoms with Crippen molar-refractivity contribution in [1.82, 2.24) is 9.78 Å². The van der Waals surface area contributed by atoms with Gasteiger partial charge in [0, 0.05) is 5.56 Å². The number of primary sulfonamides is 1. The van der Waals surface area contributed by atoms with Gasteiger partial charge < -0.3 is 4.74 Å². The van der Waals surface area contributed by atoms with Gasteiger partial charge in [0.15, 0.2) is 0 Å². The fraction of sp³-hybridized carbons (Fsp3) is 0.167. The van der Waals surface area contributed by atoms with Crippen LogP contribution in [0.2, 0.25) is 0 Å². The minimum atomic E-state index is -4.92. The van der Waals surface area contributed by atoms with Crippen LogP contribution >= 0.6 is 0 Å². The second kappa shape index (κ2) is 7.89. The molecule has 1 aromatic heterocycles. The Morgan fingerprint density at radius 2 is 1.77 bits per heavy atom. The second-order valence-electron chi connectivity index (χ2n) is 6.35. The number of ether oxygens (including phenoxy) is 1. The van der Waals surface area contributed by atoms with Gasteiger partial charge in [-0.05, 0) is 48.9 Å². The maximum Gasteiger partial charge on any atom is 0.573 e. The summed E-state index contributed by atoms with van der Waals surface area (Å²) in [7, 11) is -4.35. The summed E-state index contributed by atoms with van der Waals surface area (Å²) in [5.41, 5.74) is -0.441. The summed E-state index contributed by atoms with van der Waals surface area (Å²) in [6.07, 6.45) is -7.92. The van der Waals surface area contributed by atoms with Crippen LogP contribution in [0.5, 0.6) is 5.75 Å². The zero-order valence-electron chi connectivity index (χ0n) is 15.5. The Morgan fingerprint density at radius 3 is 2.29 bits per heavy atom. The maximum absolute atomic E-state index is 14.3. The van der Waals surface area contributed by atoms with E-state index in [2.05, 4.69) is 9.84 Å². The largest absolute Gasteiger partial charge is 0.573 e. The Hall–Kier alpha value is -3.06. The van der Waals surface area contributed by atoms with Gasteiger partial charge in [0.2, 0.25) is 10.0 Å². The molecule has 0 spiro atoms. The smallest absolute Gasteiger partial charge is 0.406 e. The molecule has 2 N–H and O–H groups in total. The number of nitrogens with two attached hydrogens (primary N) is 1. The van der Waals surface area contributed by atoms with E-state index in [0.717, 1.165) is 47.1 Å². The van der Waals surface area contributed by atoms with Crippen molar-refractivity contribution in [2.75, 3.05) is 0 Å². The summed E-state index contributed by atoms with van der Waals surface area (Å²) in [6.45, 7) is 1.40. The van der Waals surface area contributed by atoms with Crippen LogP contribution in [-0.4, -0.2) is 24.6 Å². The highest BCUT2D eigenvalue weighted by Gasteiger charge is 2.31. The highest BCUT2D eigenvalue weighted by Crippen LogP contribution is 2.32. The average Bonchev–Trinajstić information content (AvgIpc) is 3.04. The minimum Gasteiger partial charge on any atom is -0.406 e. The van der Waals surface area contributed by atoms with Gasteiger partial charge >= 0.3 is 6.36 Å². The molecular weight excluding hydrogens is 452 g/mol. The fourth-order valence-electron chi connectivity index (χ4n) is 2.85. The number of rotatable bonds is 5. The minimum absolute atomic E-state index is 0.0145. The Balaban J connectivity index is 2.14. The predicted octanol–water partition coefficient (Wildman–Crippen LogP) is 4.47. The highest BCUT2D eigenvalue weighted by atomic mass is 32.2. The third kappa shape index (κ3) is 4.99. The fourth-order valence-corrected chi connectivity index (χ4v) is 3.44. The molecule has 0 aliphatic carbocycles. The molecule has 0 saturated carbocycles. The first kappa shape index (κ1) is 22.6. The van der Waals surface area contributed by atoms with Crippen LogP contribution in [0.3, 0.4) is 0 Å². The van der Waals surface area contributed by atoms with Gasteiger partial charge in [-0.1, -0.05) is 6.07 Å². The van der Waals surface area contributed by atoms with Gasteiger partial charge in [0.1, 0.15) is 22.2 Å². The molecule has 166 valence electrons. The topological polar surface area (TPSA) is 87.2 Å². The lowest BCUT2D eigenvalue weighted by Crippen LogP contribution is -2.17. The summed E-state index contributed by atoms with van der Waals surface area (Å²) in [4.78, 5) is -0.791. The van der Waals surface area contributed by atoms with Crippen LogP contribution in [0.25, 0.3) is 16.9 Å². The Labute approximate surface area is 171 Å². The molecule has 0 aliphatic heterocycles. The van der Waals surface area contributed by atoms with E-state index in [1.807, 2.05) is 0 Å². The zero-order chi connectivity index (χ0) is 23.1. The molecule has 0 unspecified atom stereocenters. The molecule has 2 aromatic carbocycles. The van der Waals surface area contributed by atoms with Gasteiger partial charge in [-0.25, -0.2) is 31.4 Å². The Kier molecular flexibility index (Phi) is 5.76. The highest BCUT2D eigenvalue weighted by molar-refractivity contribution is 7.89. The average molecular weight is 465 g/mol. The number of benzene rings is 2. The maximum atomic E-state index is 14.3. The zero-order valence-corrected chi connectivity index (χ0v) is 16.3. The van der Waals surface area contributed by atoms with Crippen LogP contribution in [0.4, 0.5) is 26.3 Å². The Bertz CT molecular complexity index is 1240. The molecule has 6 nitrogen and oxygen atoms in total. The number of hydrogen-bond acceptors (Lipinski definition) is 4. The number of sulfonamides is 1. The molecule has 1 heterocycles. The van der Waals surface area contributed by atoms with Crippen molar-refractivity contribution in [3.8, 4) is 22.7 Å². The van der Waals surface area contributed by atoms with Crippen molar-refractivity contribution >= 4 is 10.0 Å². The van der Waals surface area contributed by atoms with E-state index >= 15 is 0 Å². The molecule has 31 heavy (non-hydrogen) atoms. The first-order valence-corrected chi connectivity index (χ1v) is 9.88. The summed E-state index contributed by atoms with van der Waals surface area (Å²) >= 11 is 0. The molecular formula is C18H13F6N3O3S. The molecule has 0 atom stereocenters. The third-order valence-corrected chi connectivity index (χ3v) is 5.06. The summed E-state index contributed by atoms with van der Waals surface area (Å²) in [5.74, 6) is -1.74. The summed E-state index contributed by atoms with van der Waals surface area (Å²) < 4.78 is 106. The van der Waals surface area contributed by atoms with Crippen molar-refractivity contribution in [3.05, 3.63) is 59.5 Å². The van der Waals surface area contributed by atoms with Crippen LogP contribution in [0.15, 0.2) is 47.4 Å². The van der Waals surface area contributed by atoms with Crippen LogP contribution in [0.1, 0.15) is 17.7 Å². The van der Waals surface area contributed by atoms with Gasteiger partial charge in [0.25, 0.3) is 6.43 Å². The number of alkyl halides is 5. The molecule has 0 bridgehead atoms. The van der Waals surface area contributed by atoms with Crippen molar-refractivity contribution in [1.29, 1.82) is 0 Å². The van der Waals surface area contributed by atoms with Gasteiger partial charge in [0.05, 0.1) is 11.4 Å². The van der Waals surface area contributed by atoms with E-state index in [9.17, 15) is 34.8 Å². The van der Waals surface area contributed by atoms with Gasteiger partial charge in [-0.2, -0.15) is 5.10 Å². The lowest BCUT2D eigenvalue weighted by atomic mass is 10.1. The van der Waals surface area contributed by atoms with E-state index < -0.39 is 45.0 Å². The molecule has 3 aromatic rings. The number of aryl methyl sites for hydroxylation is 1. The number of halogens is 6. The van der Waals surface area contributed by atoms with E-state index in [0.29, 0.717) is 0 Å². The first-order chi connectivity index (χ1) is 14.3. The number of aromatic nitrogens is 2. The SMILES string of the molecule is Cc1cc(OC(F)(F)F)ccc1-n1nc(C(F)F)cc1-c1ccc(S(N)(=O)=O)c(F)c1. The summed E-state index contributed by atoms with van der Waals surface area (Å²) in [6, 6.07) is 6.90. The number of hydrogen-bond donors (Lipinski definition) is 1. The normalized spacial score (nSPS) is 12.4. The van der Waals surface area contributed by atoms with Crippen molar-refractivity contribution in [3.63, 3.8) is 0 Å². The van der Waals surface area contributed by atoms with E-state index in [1.54, 1.807) is 0 Å². The van der Waals surface area contributed by atoms with Crippen molar-refractivity contribution in [2.24, 2.45) is 5.14 Å². The first-order valence-electron chi connectivity index (χ1n) is 8.34. The van der Waals surface area contributed by atoms with E-state index in [1.165, 1.54) is 6.92 Å². The lowest BCUT2D eigenvalue weighted by molar-refractivity contribution is -0.274. The monoisotopic (exact) mass is 465 g/mol. The second-order valence-corrected chi connectivity index (χ2v) is 7.88. The molecule has 0 aliphatic rings. The molecule has 0 fully saturated rings. The van der Waals surface area contributed by atoms with Crippen LogP contribution in [-0.2, 0) is 10.0 Å². The Morgan fingerprint density at radius 1 is 1.10 bits per heavy atom. The molecule has 3 rings (SSSR count). The molecule has 0 radical (unpaired) electrons. The molecule has 0 amide bonds. The quantitative estimate of drug-likeness (QED) is 0.564. The van der Waals surface area contributed by atoms with Gasteiger partial charge in [-0.3, -0.25) is 0 Å². The van der Waals surface area contributed by atoms with E-state index in [4.69, 9.17) is 5.14 Å². The van der Waals surface area contributed by atoms with Crippen LogP contribution < -0.4 is 9.88 Å². The third-order valence-electron chi connectivity index (χ3n) is 4.12. The van der Waals surface area contributed by atoms with Gasteiger partial charge in [-0.15, -0.1) is 13.2 Å². The standard InChI is InChI=1S/C18H13F6N3O3S/c1-9-6-11(30-18(22,23)24)3-4-14(9)27-15(8-13(26-27)17(20)21)10-2-5-16(12(19)7-10)31(25,28)29/h2-8,17H,1H3,(H2,25,28,29). The number of nitrogens with zero attached hydrogens (tertiary/aromatic N) is 2. The predicted molar refractivity (Wildman–Crippen MR) is 96.7 cm³/mol. The van der Waals surface area contributed by atoms with E-state index in [-0.39, 0.29) is 22.5 Å². The van der Waals surface area contributed by atoms with Crippen LogP contribution in [0, 0.1) is 12.7 Å².